The zero-order valence-electron chi connectivity index (χ0n) is 7.52. The van der Waals surface area contributed by atoms with Gasteiger partial charge >= 0.3 is 6.61 Å². The van der Waals surface area contributed by atoms with Crippen molar-refractivity contribution in [2.45, 2.75) is 6.61 Å². The molecule has 0 atom stereocenters. The molecule has 0 aliphatic rings. The summed E-state index contributed by atoms with van der Waals surface area (Å²) in [6, 6.07) is 4.30. The standard InChI is InChI=1S/C9H7F2N3O/c10-9(11)15-5-1-2-6-7(3-5)13-4-8(12)14-6/h1-4,9H,(H2,12,14). The molecular formula is C9H7F2N3O. The number of hydrogen-bond acceptors (Lipinski definition) is 4. The zero-order chi connectivity index (χ0) is 10.8. The molecule has 0 saturated heterocycles. The van der Waals surface area contributed by atoms with Gasteiger partial charge in [0.1, 0.15) is 11.6 Å². The van der Waals surface area contributed by atoms with E-state index in [9.17, 15) is 8.78 Å². The second-order valence-corrected chi connectivity index (χ2v) is 2.82. The molecule has 1 aromatic heterocycles. The molecule has 0 saturated carbocycles. The first kappa shape index (κ1) is 9.57. The Morgan fingerprint density at radius 1 is 1.27 bits per heavy atom. The Balaban J connectivity index is 2.43. The number of nitrogens with zero attached hydrogens (tertiary/aromatic N) is 2. The zero-order valence-corrected chi connectivity index (χ0v) is 7.52. The van der Waals surface area contributed by atoms with Crippen LogP contribution in [0.25, 0.3) is 11.0 Å². The topological polar surface area (TPSA) is 61.0 Å². The Labute approximate surface area is 83.7 Å². The van der Waals surface area contributed by atoms with Gasteiger partial charge in [-0.15, -0.1) is 0 Å². The number of alkyl halides is 2. The fraction of sp³-hybridized carbons (Fsp3) is 0.111. The third-order valence-electron chi connectivity index (χ3n) is 1.76. The van der Waals surface area contributed by atoms with E-state index in [0.29, 0.717) is 11.0 Å². The number of aromatic nitrogens is 2. The van der Waals surface area contributed by atoms with E-state index in [2.05, 4.69) is 14.7 Å². The SMILES string of the molecule is Nc1cnc2cc(OC(F)F)ccc2n1. The van der Waals surface area contributed by atoms with Gasteiger partial charge in [0.2, 0.25) is 0 Å². The van der Waals surface area contributed by atoms with E-state index in [1.54, 1.807) is 0 Å². The van der Waals surface area contributed by atoms with Gasteiger partial charge in [-0.3, -0.25) is 4.98 Å². The number of ether oxygens (including phenoxy) is 1. The van der Waals surface area contributed by atoms with E-state index in [0.717, 1.165) is 0 Å². The molecule has 0 radical (unpaired) electrons. The van der Waals surface area contributed by atoms with Crippen molar-refractivity contribution in [1.82, 2.24) is 9.97 Å². The minimum absolute atomic E-state index is 0.0524. The van der Waals surface area contributed by atoms with Crippen LogP contribution in [0.4, 0.5) is 14.6 Å². The third-order valence-corrected chi connectivity index (χ3v) is 1.76. The summed E-state index contributed by atoms with van der Waals surface area (Å²) in [7, 11) is 0. The van der Waals surface area contributed by atoms with Gasteiger partial charge in [-0.2, -0.15) is 8.78 Å². The maximum atomic E-state index is 11.9. The molecule has 78 valence electrons. The van der Waals surface area contributed by atoms with Crippen LogP contribution < -0.4 is 10.5 Å². The molecule has 0 spiro atoms. The second kappa shape index (κ2) is 3.64. The first-order valence-corrected chi connectivity index (χ1v) is 4.12. The highest BCUT2D eigenvalue weighted by Crippen LogP contribution is 2.19. The van der Waals surface area contributed by atoms with Crippen molar-refractivity contribution in [2.24, 2.45) is 0 Å². The molecule has 15 heavy (non-hydrogen) atoms. The van der Waals surface area contributed by atoms with Crippen LogP contribution >= 0.6 is 0 Å². The summed E-state index contributed by atoms with van der Waals surface area (Å²) in [5.74, 6) is 0.335. The lowest BCUT2D eigenvalue weighted by Gasteiger charge is -2.04. The molecule has 1 aromatic carbocycles. The average Bonchev–Trinajstić information content (AvgIpc) is 2.17. The summed E-state index contributed by atoms with van der Waals surface area (Å²) in [6.45, 7) is -2.84. The number of nitrogen functional groups attached to an aromatic ring is 1. The van der Waals surface area contributed by atoms with Gasteiger partial charge in [-0.25, -0.2) is 4.98 Å². The van der Waals surface area contributed by atoms with Crippen LogP contribution in [0.1, 0.15) is 0 Å². The minimum Gasteiger partial charge on any atom is -0.435 e. The largest absolute Gasteiger partial charge is 0.435 e. The van der Waals surface area contributed by atoms with E-state index in [4.69, 9.17) is 5.73 Å². The summed E-state index contributed by atoms with van der Waals surface area (Å²) in [6.07, 6.45) is 1.36. The Morgan fingerprint density at radius 3 is 2.80 bits per heavy atom. The molecule has 2 N–H and O–H groups in total. The lowest BCUT2D eigenvalue weighted by molar-refractivity contribution is -0.0497. The first-order valence-electron chi connectivity index (χ1n) is 4.12. The minimum atomic E-state index is -2.84. The fourth-order valence-electron chi connectivity index (χ4n) is 1.18. The van der Waals surface area contributed by atoms with Crippen LogP contribution in [0, 0.1) is 0 Å². The molecular weight excluding hydrogens is 204 g/mol. The normalized spacial score (nSPS) is 10.9. The number of nitrogens with two attached hydrogens (primary N) is 1. The van der Waals surface area contributed by atoms with Gasteiger partial charge in [0, 0.05) is 6.07 Å². The third kappa shape index (κ3) is 2.09. The molecule has 0 fully saturated rings. The van der Waals surface area contributed by atoms with Crippen molar-refractivity contribution >= 4 is 16.9 Å². The Hall–Kier alpha value is -1.98. The second-order valence-electron chi connectivity index (χ2n) is 2.82. The Kier molecular flexibility index (Phi) is 2.32. The molecule has 4 nitrogen and oxygen atoms in total. The van der Waals surface area contributed by atoms with Crippen LogP contribution in [0.2, 0.25) is 0 Å². The summed E-state index contributed by atoms with van der Waals surface area (Å²) in [4.78, 5) is 7.90. The molecule has 2 rings (SSSR count). The van der Waals surface area contributed by atoms with Crippen molar-refractivity contribution < 1.29 is 13.5 Å². The Morgan fingerprint density at radius 2 is 2.07 bits per heavy atom. The fourth-order valence-corrected chi connectivity index (χ4v) is 1.18. The number of hydrogen-bond donors (Lipinski definition) is 1. The smallest absolute Gasteiger partial charge is 0.387 e. The maximum absolute atomic E-state index is 11.9. The average molecular weight is 211 g/mol. The molecule has 0 amide bonds. The van der Waals surface area contributed by atoms with Gasteiger partial charge in [-0.05, 0) is 12.1 Å². The monoisotopic (exact) mass is 211 g/mol. The van der Waals surface area contributed by atoms with Gasteiger partial charge in [0.05, 0.1) is 17.2 Å². The van der Waals surface area contributed by atoms with Gasteiger partial charge in [0.15, 0.2) is 0 Å². The predicted octanol–water partition coefficient (Wildman–Crippen LogP) is 1.81. The van der Waals surface area contributed by atoms with Crippen LogP contribution in [0.15, 0.2) is 24.4 Å². The van der Waals surface area contributed by atoms with Gasteiger partial charge < -0.3 is 10.5 Å². The van der Waals surface area contributed by atoms with Crippen molar-refractivity contribution in [2.75, 3.05) is 5.73 Å². The lowest BCUT2D eigenvalue weighted by Crippen LogP contribution is -2.02. The Bertz CT molecular complexity index is 490. The highest BCUT2D eigenvalue weighted by atomic mass is 19.3. The summed E-state index contributed by atoms with van der Waals surface area (Å²) < 4.78 is 28.0. The summed E-state index contributed by atoms with van der Waals surface area (Å²) in [5, 5.41) is 0. The number of benzene rings is 1. The van der Waals surface area contributed by atoms with Gasteiger partial charge in [0.25, 0.3) is 0 Å². The van der Waals surface area contributed by atoms with E-state index in [-0.39, 0.29) is 11.6 Å². The highest BCUT2D eigenvalue weighted by Gasteiger charge is 2.05. The first-order chi connectivity index (χ1) is 7.15. The highest BCUT2D eigenvalue weighted by molar-refractivity contribution is 5.76. The molecule has 1 heterocycles. The van der Waals surface area contributed by atoms with E-state index >= 15 is 0 Å². The summed E-state index contributed by atoms with van der Waals surface area (Å²) >= 11 is 0. The van der Waals surface area contributed by atoms with Crippen LogP contribution in [-0.2, 0) is 0 Å². The molecule has 0 aliphatic heterocycles. The maximum Gasteiger partial charge on any atom is 0.387 e. The van der Waals surface area contributed by atoms with Crippen LogP contribution in [0.3, 0.4) is 0 Å². The number of fused-ring (bicyclic) bond motifs is 1. The van der Waals surface area contributed by atoms with Crippen molar-refractivity contribution in [1.29, 1.82) is 0 Å². The van der Waals surface area contributed by atoms with Crippen molar-refractivity contribution in [3.8, 4) is 5.75 Å². The van der Waals surface area contributed by atoms with Crippen LogP contribution in [0.5, 0.6) is 5.75 Å². The molecule has 0 bridgehead atoms. The molecule has 0 unspecified atom stereocenters. The number of halogens is 2. The quantitative estimate of drug-likeness (QED) is 0.822. The molecule has 6 heteroatoms. The van der Waals surface area contributed by atoms with Gasteiger partial charge in [-0.1, -0.05) is 0 Å². The number of anilines is 1. The lowest BCUT2D eigenvalue weighted by atomic mass is 10.3. The van der Waals surface area contributed by atoms with E-state index in [1.165, 1.54) is 24.4 Å². The van der Waals surface area contributed by atoms with Crippen LogP contribution in [-0.4, -0.2) is 16.6 Å². The van der Waals surface area contributed by atoms with Crippen molar-refractivity contribution in [3.05, 3.63) is 24.4 Å². The summed E-state index contributed by atoms with van der Waals surface area (Å²) in [5.41, 5.74) is 6.42. The molecule has 2 aromatic rings. The van der Waals surface area contributed by atoms with Crippen molar-refractivity contribution in [3.63, 3.8) is 0 Å². The predicted molar refractivity (Wildman–Crippen MR) is 50.6 cm³/mol. The molecule has 0 aliphatic carbocycles. The van der Waals surface area contributed by atoms with E-state index in [1.807, 2.05) is 0 Å². The van der Waals surface area contributed by atoms with E-state index < -0.39 is 6.61 Å². The number of rotatable bonds is 2.